The van der Waals surface area contributed by atoms with E-state index in [-0.39, 0.29) is 17.5 Å². The van der Waals surface area contributed by atoms with E-state index < -0.39 is 11.7 Å². The average molecular weight is 350 g/mol. The van der Waals surface area contributed by atoms with Gasteiger partial charge in [-0.3, -0.25) is 4.79 Å². The fraction of sp³-hybridized carbons (Fsp3) is 0.471. The smallest absolute Gasteiger partial charge is 0.336 e. The summed E-state index contributed by atoms with van der Waals surface area (Å²) >= 11 is 0. The molecule has 2 heterocycles. The van der Waals surface area contributed by atoms with Gasteiger partial charge in [0.15, 0.2) is 0 Å². The molecule has 25 heavy (non-hydrogen) atoms. The molecule has 1 unspecified atom stereocenters. The zero-order chi connectivity index (χ0) is 17.6. The maximum atomic E-state index is 12.8. The highest BCUT2D eigenvalue weighted by atomic mass is 19.4. The first-order valence-electron chi connectivity index (χ1n) is 8.30. The van der Waals surface area contributed by atoms with Crippen LogP contribution in [0.15, 0.2) is 30.5 Å². The number of alkyl halides is 3. The number of aromatic nitrogens is 3. The maximum absolute atomic E-state index is 12.8. The molecule has 1 aliphatic heterocycles. The van der Waals surface area contributed by atoms with Gasteiger partial charge in [0.2, 0.25) is 0 Å². The van der Waals surface area contributed by atoms with Gasteiger partial charge in [0.05, 0.1) is 17.3 Å². The summed E-state index contributed by atoms with van der Waals surface area (Å²) in [7, 11) is 0. The molecule has 1 aromatic carbocycles. The Hall–Kier alpha value is -2.38. The van der Waals surface area contributed by atoms with Gasteiger partial charge in [-0.15, -0.1) is 5.10 Å². The number of carbonyl (C=O) groups excluding carboxylic acids is 1. The van der Waals surface area contributed by atoms with Crippen LogP contribution in [0, 0.1) is 0 Å². The molecule has 1 aromatic heterocycles. The van der Waals surface area contributed by atoms with Crippen molar-refractivity contribution in [2.45, 2.75) is 37.4 Å². The second kappa shape index (κ2) is 5.86. The summed E-state index contributed by atoms with van der Waals surface area (Å²) in [5.41, 5.74) is 0.245. The van der Waals surface area contributed by atoms with Crippen LogP contribution < -0.4 is 0 Å². The lowest BCUT2D eigenvalue weighted by molar-refractivity contribution is -0.137. The van der Waals surface area contributed by atoms with Crippen molar-refractivity contribution < 1.29 is 18.0 Å². The Labute approximate surface area is 142 Å². The Kier molecular flexibility index (Phi) is 3.77. The van der Waals surface area contributed by atoms with E-state index in [4.69, 9.17) is 0 Å². The van der Waals surface area contributed by atoms with E-state index in [1.54, 1.807) is 9.58 Å². The van der Waals surface area contributed by atoms with Crippen molar-refractivity contribution >= 4 is 5.91 Å². The second-order valence-electron chi connectivity index (χ2n) is 6.67. The first-order valence-corrected chi connectivity index (χ1v) is 8.30. The van der Waals surface area contributed by atoms with Crippen molar-refractivity contribution in [3.05, 3.63) is 47.3 Å². The number of halogens is 3. The van der Waals surface area contributed by atoms with Crippen LogP contribution in [0.2, 0.25) is 0 Å². The molecule has 1 atom stereocenters. The van der Waals surface area contributed by atoms with E-state index in [0.717, 1.165) is 37.1 Å². The summed E-state index contributed by atoms with van der Waals surface area (Å²) < 4.78 is 40.2. The number of likely N-dealkylation sites (tertiary alicyclic amines) is 1. The van der Waals surface area contributed by atoms with Gasteiger partial charge in [0, 0.05) is 30.8 Å². The molecule has 1 saturated heterocycles. The van der Waals surface area contributed by atoms with Crippen LogP contribution in [0.3, 0.4) is 0 Å². The van der Waals surface area contributed by atoms with E-state index in [1.807, 2.05) is 6.20 Å². The zero-order valence-electron chi connectivity index (χ0n) is 13.4. The largest absolute Gasteiger partial charge is 0.416 e. The molecule has 5 nitrogen and oxygen atoms in total. The number of nitrogens with zero attached hydrogens (tertiary/aromatic N) is 4. The Balaban J connectivity index is 1.46. The molecule has 132 valence electrons. The molecule has 1 aliphatic carbocycles. The molecule has 4 rings (SSSR count). The number of benzene rings is 1. The summed E-state index contributed by atoms with van der Waals surface area (Å²) in [5, 5.41) is 8.33. The third-order valence-electron chi connectivity index (χ3n) is 4.79. The fourth-order valence-corrected chi connectivity index (χ4v) is 3.19. The van der Waals surface area contributed by atoms with Crippen LogP contribution in [0.25, 0.3) is 0 Å². The molecule has 2 aliphatic rings. The minimum absolute atomic E-state index is 0.0229. The Morgan fingerprint density at radius 1 is 1.20 bits per heavy atom. The van der Waals surface area contributed by atoms with Crippen molar-refractivity contribution in [2.75, 3.05) is 13.1 Å². The van der Waals surface area contributed by atoms with Crippen molar-refractivity contribution in [1.82, 2.24) is 19.9 Å². The second-order valence-corrected chi connectivity index (χ2v) is 6.67. The summed E-state index contributed by atoms with van der Waals surface area (Å²) in [4.78, 5) is 14.1. The van der Waals surface area contributed by atoms with Crippen molar-refractivity contribution in [3.63, 3.8) is 0 Å². The van der Waals surface area contributed by atoms with Gasteiger partial charge in [0.25, 0.3) is 5.91 Å². The topological polar surface area (TPSA) is 51.0 Å². The van der Waals surface area contributed by atoms with E-state index in [1.165, 1.54) is 12.1 Å². The average Bonchev–Trinajstić information content (AvgIpc) is 3.12. The first-order chi connectivity index (χ1) is 11.9. The zero-order valence-corrected chi connectivity index (χ0v) is 13.4. The van der Waals surface area contributed by atoms with Gasteiger partial charge >= 0.3 is 6.18 Å². The number of hydrogen-bond acceptors (Lipinski definition) is 3. The number of carbonyl (C=O) groups is 1. The number of amides is 1. The summed E-state index contributed by atoms with van der Waals surface area (Å²) in [6, 6.07) is 4.60. The summed E-state index contributed by atoms with van der Waals surface area (Å²) in [6.07, 6.45) is 0.482. The van der Waals surface area contributed by atoms with Gasteiger partial charge < -0.3 is 4.90 Å². The van der Waals surface area contributed by atoms with Crippen LogP contribution in [0.5, 0.6) is 0 Å². The standard InChI is InChI=1S/C17H17F3N4O/c18-17(19,20)13-3-1-2-12(8-13)16(25)23-7-6-14(9-23)24-10-15(21-22-24)11-4-5-11/h1-3,8,10-11,14H,4-7,9H2. The molecule has 0 N–H and O–H groups in total. The van der Waals surface area contributed by atoms with Gasteiger partial charge in [0.1, 0.15) is 0 Å². The predicted molar refractivity (Wildman–Crippen MR) is 83.0 cm³/mol. The molecule has 2 fully saturated rings. The molecule has 0 spiro atoms. The lowest BCUT2D eigenvalue weighted by Gasteiger charge is -2.17. The van der Waals surface area contributed by atoms with E-state index in [2.05, 4.69) is 10.3 Å². The monoisotopic (exact) mass is 350 g/mol. The van der Waals surface area contributed by atoms with Crippen LogP contribution >= 0.6 is 0 Å². The molecule has 2 aromatic rings. The van der Waals surface area contributed by atoms with Gasteiger partial charge in [-0.05, 0) is 37.5 Å². The lowest BCUT2D eigenvalue weighted by atomic mass is 10.1. The molecular formula is C17H17F3N4O. The maximum Gasteiger partial charge on any atom is 0.416 e. The Bertz CT molecular complexity index is 797. The Morgan fingerprint density at radius 2 is 2.00 bits per heavy atom. The lowest BCUT2D eigenvalue weighted by Crippen LogP contribution is -2.29. The molecule has 0 radical (unpaired) electrons. The summed E-state index contributed by atoms with van der Waals surface area (Å²) in [5.74, 6) is 0.133. The van der Waals surface area contributed by atoms with Crippen LogP contribution in [0.1, 0.15) is 52.8 Å². The SMILES string of the molecule is O=C(c1cccc(C(F)(F)F)c1)N1CCC(n2cc(C3CC3)nn2)C1. The van der Waals surface area contributed by atoms with Crippen molar-refractivity contribution in [3.8, 4) is 0 Å². The Morgan fingerprint density at radius 3 is 2.72 bits per heavy atom. The highest BCUT2D eigenvalue weighted by molar-refractivity contribution is 5.94. The van der Waals surface area contributed by atoms with E-state index in [9.17, 15) is 18.0 Å². The van der Waals surface area contributed by atoms with Gasteiger partial charge in [-0.25, -0.2) is 4.68 Å². The van der Waals surface area contributed by atoms with Crippen LogP contribution in [0.4, 0.5) is 13.2 Å². The van der Waals surface area contributed by atoms with Crippen molar-refractivity contribution in [2.24, 2.45) is 0 Å². The molecule has 1 amide bonds. The van der Waals surface area contributed by atoms with E-state index >= 15 is 0 Å². The highest BCUT2D eigenvalue weighted by Crippen LogP contribution is 2.39. The fourth-order valence-electron chi connectivity index (χ4n) is 3.19. The highest BCUT2D eigenvalue weighted by Gasteiger charge is 2.33. The van der Waals surface area contributed by atoms with Gasteiger partial charge in [-0.2, -0.15) is 13.2 Å². The number of rotatable bonds is 3. The first kappa shape index (κ1) is 16.1. The molecule has 8 heteroatoms. The van der Waals surface area contributed by atoms with Crippen molar-refractivity contribution in [1.29, 1.82) is 0 Å². The molecule has 1 saturated carbocycles. The molecular weight excluding hydrogens is 333 g/mol. The van der Waals surface area contributed by atoms with E-state index in [0.29, 0.717) is 19.0 Å². The normalized spacial score (nSPS) is 20.9. The summed E-state index contributed by atoms with van der Waals surface area (Å²) in [6.45, 7) is 0.931. The number of hydrogen-bond donors (Lipinski definition) is 0. The third-order valence-corrected chi connectivity index (χ3v) is 4.79. The molecule has 0 bridgehead atoms. The minimum Gasteiger partial charge on any atom is -0.336 e. The van der Waals surface area contributed by atoms with Gasteiger partial charge in [-0.1, -0.05) is 11.3 Å². The quantitative estimate of drug-likeness (QED) is 0.854. The van der Waals surface area contributed by atoms with Crippen LogP contribution in [-0.2, 0) is 6.18 Å². The predicted octanol–water partition coefficient (Wildman–Crippen LogP) is 3.26. The minimum atomic E-state index is -4.45. The third kappa shape index (κ3) is 3.25. The van der Waals surface area contributed by atoms with Crippen LogP contribution in [-0.4, -0.2) is 38.9 Å².